The van der Waals surface area contributed by atoms with Crippen molar-refractivity contribution < 1.29 is 8.78 Å². The van der Waals surface area contributed by atoms with Gasteiger partial charge < -0.3 is 0 Å². The molecular formula is C33H32F2. The first kappa shape index (κ1) is 22.5. The summed E-state index contributed by atoms with van der Waals surface area (Å²) < 4.78 is 27.4. The van der Waals surface area contributed by atoms with E-state index in [0.717, 1.165) is 6.42 Å². The van der Waals surface area contributed by atoms with E-state index < -0.39 is 0 Å². The Hall–Kier alpha value is -3.00. The molecule has 0 aliphatic heterocycles. The largest absolute Gasteiger partial charge is 0.251 e. The number of hydrogen-bond donors (Lipinski definition) is 0. The summed E-state index contributed by atoms with van der Waals surface area (Å²) in [5.41, 5.74) is 9.87. The van der Waals surface area contributed by atoms with Crippen molar-refractivity contribution in [2.75, 3.05) is 13.3 Å². The van der Waals surface area contributed by atoms with E-state index in [0.29, 0.717) is 25.7 Å². The van der Waals surface area contributed by atoms with Gasteiger partial charge in [-0.15, -0.1) is 0 Å². The molecule has 0 radical (unpaired) electrons. The Kier molecular flexibility index (Phi) is 5.32. The number of rotatable bonds is 6. The van der Waals surface area contributed by atoms with Crippen molar-refractivity contribution in [2.24, 2.45) is 0 Å². The quantitative estimate of drug-likeness (QED) is 0.340. The van der Waals surface area contributed by atoms with Crippen LogP contribution in [0.25, 0.3) is 27.5 Å². The SMILES string of the molecule is CC1(C)c2ccc3ccccc3c2-c2ccc3c(c21)C(CCCF)(CCCF)C1=CC=CCC=C13. The highest BCUT2D eigenvalue weighted by Gasteiger charge is 2.50. The first-order chi connectivity index (χ1) is 17.0. The van der Waals surface area contributed by atoms with Crippen LogP contribution in [0.4, 0.5) is 8.78 Å². The first-order valence-corrected chi connectivity index (χ1v) is 13.0. The van der Waals surface area contributed by atoms with Crippen molar-refractivity contribution in [3.63, 3.8) is 0 Å². The highest BCUT2D eigenvalue weighted by molar-refractivity contribution is 6.04. The molecule has 3 aliphatic carbocycles. The van der Waals surface area contributed by atoms with Crippen LogP contribution in [0.15, 0.2) is 78.4 Å². The summed E-state index contributed by atoms with van der Waals surface area (Å²) in [4.78, 5) is 0. The molecule has 0 unspecified atom stereocenters. The minimum absolute atomic E-state index is 0.197. The van der Waals surface area contributed by atoms with Crippen LogP contribution >= 0.6 is 0 Å². The monoisotopic (exact) mass is 466 g/mol. The molecule has 6 rings (SSSR count). The van der Waals surface area contributed by atoms with Crippen molar-refractivity contribution in [1.29, 1.82) is 0 Å². The molecule has 0 aromatic heterocycles. The van der Waals surface area contributed by atoms with Crippen LogP contribution in [0.2, 0.25) is 0 Å². The normalized spacial score (nSPS) is 18.4. The third kappa shape index (κ3) is 3.08. The summed E-state index contributed by atoms with van der Waals surface area (Å²) in [6.45, 7) is 3.97. The molecule has 3 aromatic carbocycles. The van der Waals surface area contributed by atoms with E-state index in [1.165, 1.54) is 55.3 Å². The molecule has 0 atom stereocenters. The van der Waals surface area contributed by atoms with Gasteiger partial charge in [0, 0.05) is 10.8 Å². The Morgan fingerprint density at radius 2 is 1.57 bits per heavy atom. The molecule has 0 saturated heterocycles. The van der Waals surface area contributed by atoms with Crippen molar-refractivity contribution in [1.82, 2.24) is 0 Å². The molecule has 35 heavy (non-hydrogen) atoms. The zero-order valence-corrected chi connectivity index (χ0v) is 20.6. The van der Waals surface area contributed by atoms with Gasteiger partial charge in [-0.05, 0) is 87.4 Å². The second-order valence-corrected chi connectivity index (χ2v) is 10.8. The number of allylic oxidation sites excluding steroid dienone is 6. The Labute approximate surface area is 207 Å². The Balaban J connectivity index is 1.71. The van der Waals surface area contributed by atoms with Crippen LogP contribution < -0.4 is 0 Å². The maximum absolute atomic E-state index is 13.7. The van der Waals surface area contributed by atoms with E-state index in [1.807, 2.05) is 0 Å². The molecule has 3 aromatic rings. The van der Waals surface area contributed by atoms with E-state index in [4.69, 9.17) is 0 Å². The van der Waals surface area contributed by atoms with Gasteiger partial charge in [0.2, 0.25) is 0 Å². The predicted octanol–water partition coefficient (Wildman–Crippen LogP) is 9.17. The van der Waals surface area contributed by atoms with Gasteiger partial charge in [0.15, 0.2) is 0 Å². The van der Waals surface area contributed by atoms with Crippen molar-refractivity contribution in [2.45, 2.75) is 56.8 Å². The molecule has 0 spiro atoms. The van der Waals surface area contributed by atoms with Gasteiger partial charge in [0.05, 0.1) is 13.3 Å². The lowest BCUT2D eigenvalue weighted by molar-refractivity contribution is 0.350. The molecule has 2 heteroatoms. The third-order valence-corrected chi connectivity index (χ3v) is 8.61. The summed E-state index contributed by atoms with van der Waals surface area (Å²) in [5, 5.41) is 2.53. The maximum atomic E-state index is 13.7. The topological polar surface area (TPSA) is 0 Å². The molecule has 0 fully saturated rings. The lowest BCUT2D eigenvalue weighted by Crippen LogP contribution is -2.30. The van der Waals surface area contributed by atoms with Gasteiger partial charge >= 0.3 is 0 Å². The molecular weight excluding hydrogens is 434 g/mol. The third-order valence-electron chi connectivity index (χ3n) is 8.61. The van der Waals surface area contributed by atoms with Crippen LogP contribution in [-0.2, 0) is 10.8 Å². The standard InChI is InChI=1S/C33H32F2/c1-32(2)28-17-14-22-10-6-7-11-23(22)29(28)26-16-15-25-24-12-4-3-5-13-27(24)33(18-8-20-34,19-9-21-35)31(25)30(26)32/h3,5-7,10-17H,4,8-9,18-21H2,1-2H3. The second-order valence-electron chi connectivity index (χ2n) is 10.8. The summed E-state index contributed by atoms with van der Waals surface area (Å²) in [6, 6.07) is 17.8. The second kappa shape index (κ2) is 8.29. The van der Waals surface area contributed by atoms with Gasteiger partial charge in [-0.25, -0.2) is 0 Å². The van der Waals surface area contributed by atoms with Gasteiger partial charge in [0.25, 0.3) is 0 Å². The maximum Gasteiger partial charge on any atom is 0.0894 e. The summed E-state index contributed by atoms with van der Waals surface area (Å²) in [6.07, 6.45) is 12.1. The number of hydrogen-bond acceptors (Lipinski definition) is 0. The summed E-state index contributed by atoms with van der Waals surface area (Å²) in [7, 11) is 0. The Bertz CT molecular complexity index is 1410. The molecule has 3 aliphatic rings. The van der Waals surface area contributed by atoms with Crippen LogP contribution in [0.3, 0.4) is 0 Å². The molecule has 0 amide bonds. The van der Waals surface area contributed by atoms with Crippen LogP contribution in [-0.4, -0.2) is 13.3 Å². The number of fused-ring (bicyclic) bond motifs is 9. The van der Waals surface area contributed by atoms with E-state index in [-0.39, 0.29) is 24.2 Å². The van der Waals surface area contributed by atoms with E-state index >= 15 is 0 Å². The average molecular weight is 467 g/mol. The summed E-state index contributed by atoms with van der Waals surface area (Å²) >= 11 is 0. The van der Waals surface area contributed by atoms with Gasteiger partial charge in [0.1, 0.15) is 0 Å². The fourth-order valence-electron chi connectivity index (χ4n) is 7.22. The average Bonchev–Trinajstić information content (AvgIpc) is 3.10. The zero-order chi connectivity index (χ0) is 24.2. The lowest BCUT2D eigenvalue weighted by atomic mass is 9.66. The van der Waals surface area contributed by atoms with E-state index in [9.17, 15) is 8.78 Å². The molecule has 0 saturated carbocycles. The van der Waals surface area contributed by atoms with E-state index in [2.05, 4.69) is 86.7 Å². The highest BCUT2D eigenvalue weighted by atomic mass is 19.1. The molecule has 0 bridgehead atoms. The fraction of sp³-hybridized carbons (Fsp3) is 0.333. The number of benzene rings is 3. The van der Waals surface area contributed by atoms with Crippen LogP contribution in [0.1, 0.15) is 68.2 Å². The Morgan fingerprint density at radius 3 is 2.34 bits per heavy atom. The highest BCUT2D eigenvalue weighted by Crippen LogP contribution is 2.62. The zero-order valence-electron chi connectivity index (χ0n) is 20.6. The lowest BCUT2D eigenvalue weighted by Gasteiger charge is -2.36. The van der Waals surface area contributed by atoms with Crippen molar-refractivity contribution in [3.05, 3.63) is 101 Å². The van der Waals surface area contributed by atoms with Gasteiger partial charge in [-0.3, -0.25) is 8.78 Å². The molecule has 0 nitrogen and oxygen atoms in total. The van der Waals surface area contributed by atoms with Crippen LogP contribution in [0.5, 0.6) is 0 Å². The number of alkyl halides is 2. The molecule has 0 heterocycles. The van der Waals surface area contributed by atoms with Crippen molar-refractivity contribution >= 4 is 16.3 Å². The van der Waals surface area contributed by atoms with Gasteiger partial charge in [-0.2, -0.15) is 0 Å². The predicted molar refractivity (Wildman–Crippen MR) is 143 cm³/mol. The smallest absolute Gasteiger partial charge is 0.0894 e. The minimum Gasteiger partial charge on any atom is -0.251 e. The minimum atomic E-state index is -0.367. The molecule has 0 N–H and O–H groups in total. The Morgan fingerprint density at radius 1 is 0.829 bits per heavy atom. The van der Waals surface area contributed by atoms with Crippen molar-refractivity contribution in [3.8, 4) is 11.1 Å². The van der Waals surface area contributed by atoms with E-state index in [1.54, 1.807) is 0 Å². The van der Waals surface area contributed by atoms with Crippen LogP contribution in [0, 0.1) is 0 Å². The fourth-order valence-corrected chi connectivity index (χ4v) is 7.22. The summed E-state index contributed by atoms with van der Waals surface area (Å²) in [5.74, 6) is 0. The van der Waals surface area contributed by atoms with Gasteiger partial charge in [-0.1, -0.05) is 86.7 Å². The first-order valence-electron chi connectivity index (χ1n) is 13.0. The molecule has 178 valence electrons. The number of halogens is 2.